The highest BCUT2D eigenvalue weighted by Gasteiger charge is 2.11. The van der Waals surface area contributed by atoms with E-state index in [0.29, 0.717) is 11.1 Å². The van der Waals surface area contributed by atoms with Gasteiger partial charge in [0, 0.05) is 6.54 Å². The molecule has 0 amide bonds. The van der Waals surface area contributed by atoms with Crippen LogP contribution in [-0.4, -0.2) is 39.8 Å². The number of rotatable bonds is 6. The first-order valence-corrected chi connectivity index (χ1v) is 6.89. The summed E-state index contributed by atoms with van der Waals surface area (Å²) < 4.78 is 29.8. The number of hydrogen-bond acceptors (Lipinski definition) is 5. The molecular weight excluding hydrogens is 258 g/mol. The van der Waals surface area contributed by atoms with Crippen LogP contribution >= 0.6 is 0 Å². The number of benzene rings is 1. The van der Waals surface area contributed by atoms with Crippen LogP contribution in [0.4, 0.5) is 0 Å². The van der Waals surface area contributed by atoms with Crippen LogP contribution in [0.3, 0.4) is 0 Å². The Balaban J connectivity index is 2.72. The van der Waals surface area contributed by atoms with Crippen molar-refractivity contribution < 1.29 is 23.1 Å². The number of carbonyl (C=O) groups is 1. The number of ether oxygens (including phenoxy) is 1. The van der Waals surface area contributed by atoms with Crippen LogP contribution in [0.2, 0.25) is 0 Å². The molecule has 0 heterocycles. The molecule has 7 heteroatoms. The molecule has 0 aliphatic carbocycles. The lowest BCUT2D eigenvalue weighted by atomic mass is 10.1. The van der Waals surface area contributed by atoms with Gasteiger partial charge in [0.15, 0.2) is 0 Å². The summed E-state index contributed by atoms with van der Waals surface area (Å²) >= 11 is 0. The molecule has 0 atom stereocenters. The molecule has 0 aromatic heterocycles. The molecule has 6 nitrogen and oxygen atoms in total. The SMILES string of the molecule is COC(=O)c1ccc(CS(=O)(=O)NCCO)cc1. The fourth-order valence-corrected chi connectivity index (χ4v) is 2.46. The number of methoxy groups -OCH3 is 1. The molecular formula is C11H15NO5S. The number of aliphatic hydroxyl groups excluding tert-OH is 1. The summed E-state index contributed by atoms with van der Waals surface area (Å²) in [5, 5.41) is 8.54. The van der Waals surface area contributed by atoms with Crippen molar-refractivity contribution in [1.82, 2.24) is 4.72 Å². The number of carbonyl (C=O) groups excluding carboxylic acids is 1. The van der Waals surface area contributed by atoms with Gasteiger partial charge in [-0.15, -0.1) is 0 Å². The third-order valence-corrected chi connectivity index (χ3v) is 3.52. The highest BCUT2D eigenvalue weighted by Crippen LogP contribution is 2.08. The van der Waals surface area contributed by atoms with Crippen molar-refractivity contribution >= 4 is 16.0 Å². The Morgan fingerprint density at radius 1 is 1.33 bits per heavy atom. The Morgan fingerprint density at radius 2 is 1.94 bits per heavy atom. The van der Waals surface area contributed by atoms with Crippen molar-refractivity contribution in [3.63, 3.8) is 0 Å². The van der Waals surface area contributed by atoms with Crippen molar-refractivity contribution in [3.8, 4) is 0 Å². The average molecular weight is 273 g/mol. The second-order valence-corrected chi connectivity index (χ2v) is 5.37. The predicted octanol–water partition coefficient (Wildman–Crippen LogP) is -0.115. The van der Waals surface area contributed by atoms with Gasteiger partial charge in [0.1, 0.15) is 0 Å². The number of esters is 1. The van der Waals surface area contributed by atoms with E-state index in [0.717, 1.165) is 0 Å². The first-order chi connectivity index (χ1) is 8.48. The highest BCUT2D eigenvalue weighted by atomic mass is 32.2. The molecule has 0 aliphatic heterocycles. The second-order valence-electron chi connectivity index (χ2n) is 3.57. The maximum absolute atomic E-state index is 11.5. The quantitative estimate of drug-likeness (QED) is 0.705. The monoisotopic (exact) mass is 273 g/mol. The number of nitrogens with one attached hydrogen (secondary N) is 1. The van der Waals surface area contributed by atoms with Gasteiger partial charge in [-0.05, 0) is 17.7 Å². The van der Waals surface area contributed by atoms with Crippen LogP contribution in [0.5, 0.6) is 0 Å². The summed E-state index contributed by atoms with van der Waals surface area (Å²) in [5.74, 6) is -0.670. The third kappa shape index (κ3) is 4.44. The molecule has 2 N–H and O–H groups in total. The zero-order chi connectivity index (χ0) is 13.6. The largest absolute Gasteiger partial charge is 0.465 e. The molecule has 1 aromatic carbocycles. The van der Waals surface area contributed by atoms with E-state index in [4.69, 9.17) is 5.11 Å². The van der Waals surface area contributed by atoms with Crippen LogP contribution in [-0.2, 0) is 20.5 Å². The van der Waals surface area contributed by atoms with Gasteiger partial charge in [-0.25, -0.2) is 17.9 Å². The topological polar surface area (TPSA) is 92.7 Å². The van der Waals surface area contributed by atoms with Gasteiger partial charge in [-0.1, -0.05) is 12.1 Å². The minimum Gasteiger partial charge on any atom is -0.465 e. The van der Waals surface area contributed by atoms with Gasteiger partial charge < -0.3 is 9.84 Å². The summed E-state index contributed by atoms with van der Waals surface area (Å²) in [7, 11) is -2.18. The van der Waals surface area contributed by atoms with E-state index in [1.165, 1.54) is 19.2 Å². The van der Waals surface area contributed by atoms with E-state index >= 15 is 0 Å². The smallest absolute Gasteiger partial charge is 0.337 e. The van der Waals surface area contributed by atoms with Gasteiger partial charge in [0.25, 0.3) is 0 Å². The Labute approximate surface area is 106 Å². The molecule has 0 saturated carbocycles. The molecule has 1 rings (SSSR count). The Bertz CT molecular complexity index is 495. The summed E-state index contributed by atoms with van der Waals surface area (Å²) in [4.78, 5) is 11.2. The predicted molar refractivity (Wildman–Crippen MR) is 65.5 cm³/mol. The van der Waals surface area contributed by atoms with Gasteiger partial charge in [-0.2, -0.15) is 0 Å². The van der Waals surface area contributed by atoms with Crippen LogP contribution in [0, 0.1) is 0 Å². The van der Waals surface area contributed by atoms with Gasteiger partial charge in [0.05, 0.1) is 25.0 Å². The highest BCUT2D eigenvalue weighted by molar-refractivity contribution is 7.88. The maximum atomic E-state index is 11.5. The van der Waals surface area contributed by atoms with Crippen molar-refractivity contribution in [2.75, 3.05) is 20.3 Å². The fraction of sp³-hybridized carbons (Fsp3) is 0.364. The normalized spacial score (nSPS) is 11.2. The number of hydrogen-bond donors (Lipinski definition) is 2. The maximum Gasteiger partial charge on any atom is 0.337 e. The van der Waals surface area contributed by atoms with Crippen LogP contribution in [0.1, 0.15) is 15.9 Å². The standard InChI is InChI=1S/C11H15NO5S/c1-17-11(14)10-4-2-9(3-5-10)8-18(15,16)12-6-7-13/h2-5,12-13H,6-8H2,1H3. The van der Waals surface area contributed by atoms with Crippen LogP contribution < -0.4 is 4.72 Å². The van der Waals surface area contributed by atoms with E-state index < -0.39 is 16.0 Å². The zero-order valence-electron chi connectivity index (χ0n) is 9.92. The van der Waals surface area contributed by atoms with E-state index in [1.807, 2.05) is 0 Å². The molecule has 18 heavy (non-hydrogen) atoms. The average Bonchev–Trinajstić information content (AvgIpc) is 2.36. The molecule has 0 unspecified atom stereocenters. The lowest BCUT2D eigenvalue weighted by Gasteiger charge is -2.06. The van der Waals surface area contributed by atoms with Crippen molar-refractivity contribution in [2.24, 2.45) is 0 Å². The van der Waals surface area contributed by atoms with Crippen molar-refractivity contribution in [1.29, 1.82) is 0 Å². The lowest BCUT2D eigenvalue weighted by Crippen LogP contribution is -2.27. The molecule has 0 radical (unpaired) electrons. The van der Waals surface area contributed by atoms with E-state index in [9.17, 15) is 13.2 Å². The molecule has 100 valence electrons. The van der Waals surface area contributed by atoms with E-state index in [2.05, 4.69) is 9.46 Å². The Morgan fingerprint density at radius 3 is 2.44 bits per heavy atom. The van der Waals surface area contributed by atoms with Gasteiger partial charge >= 0.3 is 5.97 Å². The molecule has 0 saturated heterocycles. The molecule has 1 aromatic rings. The Hall–Kier alpha value is -1.44. The molecule has 0 fully saturated rings. The molecule has 0 spiro atoms. The van der Waals surface area contributed by atoms with Gasteiger partial charge in [-0.3, -0.25) is 0 Å². The number of aliphatic hydroxyl groups is 1. The minimum absolute atomic E-state index is 0.0113. The van der Waals surface area contributed by atoms with E-state index in [1.54, 1.807) is 12.1 Å². The van der Waals surface area contributed by atoms with Crippen LogP contribution in [0.15, 0.2) is 24.3 Å². The van der Waals surface area contributed by atoms with Crippen molar-refractivity contribution in [3.05, 3.63) is 35.4 Å². The Kier molecular flexibility index (Phi) is 5.26. The summed E-state index contributed by atoms with van der Waals surface area (Å²) in [6.07, 6.45) is 0. The number of sulfonamides is 1. The van der Waals surface area contributed by atoms with Crippen LogP contribution in [0.25, 0.3) is 0 Å². The minimum atomic E-state index is -3.46. The second kappa shape index (κ2) is 6.48. The molecule has 0 aliphatic rings. The third-order valence-electron chi connectivity index (χ3n) is 2.17. The fourth-order valence-electron chi connectivity index (χ4n) is 1.33. The molecule has 0 bridgehead atoms. The first-order valence-electron chi connectivity index (χ1n) is 5.24. The summed E-state index contributed by atoms with van der Waals surface area (Å²) in [5.41, 5.74) is 0.912. The van der Waals surface area contributed by atoms with Crippen molar-refractivity contribution in [2.45, 2.75) is 5.75 Å². The zero-order valence-corrected chi connectivity index (χ0v) is 10.7. The summed E-state index contributed by atoms with van der Waals surface area (Å²) in [6, 6.07) is 6.10. The first kappa shape index (κ1) is 14.6. The summed E-state index contributed by atoms with van der Waals surface area (Å²) in [6.45, 7) is -0.261. The lowest BCUT2D eigenvalue weighted by molar-refractivity contribution is 0.0600. The van der Waals surface area contributed by atoms with Gasteiger partial charge in [0.2, 0.25) is 10.0 Å². The van der Waals surface area contributed by atoms with E-state index in [-0.39, 0.29) is 18.9 Å².